The van der Waals surface area contributed by atoms with Crippen LogP contribution in [0.2, 0.25) is 0 Å². The van der Waals surface area contributed by atoms with E-state index in [1.165, 1.54) is 24.8 Å². The molecule has 1 unspecified atom stereocenters. The third-order valence-electron chi connectivity index (χ3n) is 3.90. The first-order valence-corrected chi connectivity index (χ1v) is 8.84. The van der Waals surface area contributed by atoms with Gasteiger partial charge in [0.05, 0.1) is 7.11 Å². The van der Waals surface area contributed by atoms with E-state index in [1.807, 2.05) is 6.07 Å². The molecule has 0 aliphatic carbocycles. The molecule has 130 valence electrons. The Morgan fingerprint density at radius 1 is 1.35 bits per heavy atom. The monoisotopic (exact) mass is 343 g/mol. The molecule has 23 heavy (non-hydrogen) atoms. The van der Waals surface area contributed by atoms with E-state index in [-0.39, 0.29) is 5.41 Å². The Kier molecular flexibility index (Phi) is 7.05. The summed E-state index contributed by atoms with van der Waals surface area (Å²) in [6.45, 7) is 3.38. The molecular weight excluding hydrogens is 318 g/mol. The molecule has 1 aromatic carbocycles. The largest absolute Gasteiger partial charge is 0.497 e. The van der Waals surface area contributed by atoms with Crippen LogP contribution in [0.4, 0.5) is 0 Å². The van der Waals surface area contributed by atoms with Gasteiger partial charge in [-0.2, -0.15) is 8.42 Å². The van der Waals surface area contributed by atoms with Crippen molar-refractivity contribution in [1.29, 1.82) is 0 Å². The lowest BCUT2D eigenvalue weighted by Gasteiger charge is -2.37. The Morgan fingerprint density at radius 2 is 2.00 bits per heavy atom. The van der Waals surface area contributed by atoms with E-state index in [0.29, 0.717) is 0 Å². The second-order valence-electron chi connectivity index (χ2n) is 5.63. The van der Waals surface area contributed by atoms with Crippen molar-refractivity contribution in [2.45, 2.75) is 31.6 Å². The van der Waals surface area contributed by atoms with Crippen LogP contribution in [-0.4, -0.2) is 43.1 Å². The summed E-state index contributed by atoms with van der Waals surface area (Å²) in [5.74, 6) is 0.954. The van der Waals surface area contributed by atoms with Gasteiger partial charge in [0.2, 0.25) is 0 Å². The molecule has 6 nitrogen and oxygen atoms in total. The van der Waals surface area contributed by atoms with Gasteiger partial charge in [0.1, 0.15) is 5.75 Å². The molecule has 1 heterocycles. The SMILES string of the molecule is CCCC1(c2cccc(OC)c2)C=CN(C)CC1.O=S(=O)(O)O. The maximum atomic E-state index is 8.74. The number of hydrogen-bond donors (Lipinski definition) is 2. The number of ether oxygens (including phenoxy) is 1. The van der Waals surface area contributed by atoms with Crippen LogP contribution in [-0.2, 0) is 15.8 Å². The zero-order chi connectivity index (χ0) is 17.5. The van der Waals surface area contributed by atoms with Crippen molar-refractivity contribution in [2.75, 3.05) is 20.7 Å². The first kappa shape index (κ1) is 19.5. The van der Waals surface area contributed by atoms with E-state index in [9.17, 15) is 0 Å². The summed E-state index contributed by atoms with van der Waals surface area (Å²) < 4.78 is 36.9. The van der Waals surface area contributed by atoms with Crippen LogP contribution in [0.1, 0.15) is 31.7 Å². The van der Waals surface area contributed by atoms with E-state index in [2.05, 4.69) is 49.3 Å². The number of methoxy groups -OCH3 is 1. The summed E-state index contributed by atoms with van der Waals surface area (Å²) >= 11 is 0. The smallest absolute Gasteiger partial charge is 0.394 e. The normalized spacial score (nSPS) is 20.7. The predicted molar refractivity (Wildman–Crippen MR) is 90.1 cm³/mol. The molecule has 0 fully saturated rings. The van der Waals surface area contributed by atoms with Gasteiger partial charge in [0, 0.05) is 19.0 Å². The van der Waals surface area contributed by atoms with Crippen molar-refractivity contribution in [3.8, 4) is 5.75 Å². The summed E-state index contributed by atoms with van der Waals surface area (Å²) in [7, 11) is -0.798. The first-order valence-electron chi connectivity index (χ1n) is 7.44. The van der Waals surface area contributed by atoms with Crippen LogP contribution in [0.3, 0.4) is 0 Å². The molecule has 0 saturated carbocycles. The number of benzene rings is 1. The fourth-order valence-electron chi connectivity index (χ4n) is 2.78. The van der Waals surface area contributed by atoms with Crippen LogP contribution < -0.4 is 4.74 Å². The van der Waals surface area contributed by atoms with E-state index < -0.39 is 10.4 Å². The highest BCUT2D eigenvalue weighted by Crippen LogP contribution is 2.38. The number of hydrogen-bond acceptors (Lipinski definition) is 4. The quantitative estimate of drug-likeness (QED) is 0.818. The van der Waals surface area contributed by atoms with Crippen molar-refractivity contribution in [3.05, 3.63) is 42.1 Å². The Bertz CT molecular complexity index is 621. The Hall–Kier alpha value is -1.57. The van der Waals surface area contributed by atoms with E-state index >= 15 is 0 Å². The molecule has 0 bridgehead atoms. The van der Waals surface area contributed by atoms with Crippen molar-refractivity contribution >= 4 is 10.4 Å². The topological polar surface area (TPSA) is 87.1 Å². The van der Waals surface area contributed by atoms with Crippen molar-refractivity contribution in [1.82, 2.24) is 4.90 Å². The number of rotatable bonds is 4. The summed E-state index contributed by atoms with van der Waals surface area (Å²) in [5, 5.41) is 0. The van der Waals surface area contributed by atoms with Crippen LogP contribution in [0, 0.1) is 0 Å². The standard InChI is InChI=1S/C16H23NO.H2O4S/c1-4-8-16(9-11-17(2)12-10-16)14-6-5-7-15(13-14)18-3;1-5(2,3)4/h5-7,9,11,13H,4,8,10,12H2,1-3H3;(H2,1,2,3,4). The molecule has 1 aliphatic heterocycles. The lowest BCUT2D eigenvalue weighted by Crippen LogP contribution is -2.33. The van der Waals surface area contributed by atoms with E-state index in [4.69, 9.17) is 22.3 Å². The van der Waals surface area contributed by atoms with Crippen LogP contribution in [0.15, 0.2) is 36.5 Å². The number of nitrogens with zero attached hydrogens (tertiary/aromatic N) is 1. The molecule has 2 N–H and O–H groups in total. The van der Waals surface area contributed by atoms with Gasteiger partial charge in [-0.3, -0.25) is 9.11 Å². The molecule has 0 aromatic heterocycles. The predicted octanol–water partition coefficient (Wildman–Crippen LogP) is 2.93. The molecule has 1 aliphatic rings. The third kappa shape index (κ3) is 6.60. The Labute approximate surface area is 138 Å². The molecule has 1 aromatic rings. The Morgan fingerprint density at radius 3 is 2.48 bits per heavy atom. The highest BCUT2D eigenvalue weighted by atomic mass is 32.3. The summed E-state index contributed by atoms with van der Waals surface area (Å²) in [5.41, 5.74) is 1.57. The summed E-state index contributed by atoms with van der Waals surface area (Å²) in [4.78, 5) is 2.26. The van der Waals surface area contributed by atoms with Gasteiger partial charge < -0.3 is 9.64 Å². The average Bonchev–Trinajstić information content (AvgIpc) is 2.48. The minimum atomic E-state index is -4.67. The van der Waals surface area contributed by atoms with Gasteiger partial charge in [0.25, 0.3) is 0 Å². The molecular formula is C16H25NO5S. The van der Waals surface area contributed by atoms with Crippen molar-refractivity contribution < 1.29 is 22.3 Å². The minimum absolute atomic E-state index is 0.190. The summed E-state index contributed by atoms with van der Waals surface area (Å²) in [6.07, 6.45) is 8.17. The maximum Gasteiger partial charge on any atom is 0.394 e. The highest BCUT2D eigenvalue weighted by Gasteiger charge is 2.31. The van der Waals surface area contributed by atoms with E-state index in [0.717, 1.165) is 12.3 Å². The number of allylic oxidation sites excluding steroid dienone is 1. The molecule has 0 spiro atoms. The van der Waals surface area contributed by atoms with Crippen molar-refractivity contribution in [2.24, 2.45) is 0 Å². The average molecular weight is 343 g/mol. The fraction of sp³-hybridized carbons (Fsp3) is 0.500. The van der Waals surface area contributed by atoms with E-state index in [1.54, 1.807) is 7.11 Å². The lowest BCUT2D eigenvalue weighted by molar-refractivity contribution is 0.326. The highest BCUT2D eigenvalue weighted by molar-refractivity contribution is 7.79. The van der Waals surface area contributed by atoms with Crippen LogP contribution in [0.25, 0.3) is 0 Å². The molecule has 0 radical (unpaired) electrons. The van der Waals surface area contributed by atoms with Crippen LogP contribution in [0.5, 0.6) is 5.75 Å². The minimum Gasteiger partial charge on any atom is -0.497 e. The van der Waals surface area contributed by atoms with Gasteiger partial charge in [-0.15, -0.1) is 0 Å². The van der Waals surface area contributed by atoms with Gasteiger partial charge in [0.15, 0.2) is 0 Å². The fourth-order valence-corrected chi connectivity index (χ4v) is 2.78. The second-order valence-corrected chi connectivity index (χ2v) is 6.53. The molecule has 0 saturated heterocycles. The van der Waals surface area contributed by atoms with Gasteiger partial charge >= 0.3 is 10.4 Å². The zero-order valence-electron chi connectivity index (χ0n) is 13.8. The molecule has 0 amide bonds. The second kappa shape index (κ2) is 8.33. The molecule has 7 heteroatoms. The van der Waals surface area contributed by atoms with Gasteiger partial charge in [-0.1, -0.05) is 31.6 Å². The maximum absolute atomic E-state index is 8.74. The summed E-state index contributed by atoms with van der Waals surface area (Å²) in [6, 6.07) is 8.53. The Balaban J connectivity index is 0.000000463. The molecule has 1 atom stereocenters. The lowest BCUT2D eigenvalue weighted by atomic mass is 9.73. The van der Waals surface area contributed by atoms with Gasteiger partial charge in [-0.05, 0) is 36.7 Å². The van der Waals surface area contributed by atoms with Gasteiger partial charge in [-0.25, -0.2) is 0 Å². The van der Waals surface area contributed by atoms with Crippen LogP contribution >= 0.6 is 0 Å². The van der Waals surface area contributed by atoms with Crippen molar-refractivity contribution in [3.63, 3.8) is 0 Å². The zero-order valence-corrected chi connectivity index (χ0v) is 14.6. The third-order valence-corrected chi connectivity index (χ3v) is 3.90. The first-order chi connectivity index (χ1) is 10.7. The molecule has 2 rings (SSSR count).